The molecular formula is C11H15BrN2O. The number of piperidine rings is 1. The highest BCUT2D eigenvalue weighted by atomic mass is 79.9. The van der Waals surface area contributed by atoms with Gasteiger partial charge in [0.1, 0.15) is 0 Å². The molecule has 3 nitrogen and oxygen atoms in total. The van der Waals surface area contributed by atoms with Gasteiger partial charge < -0.3 is 9.47 Å². The number of hydrogen-bond acceptors (Lipinski definition) is 2. The van der Waals surface area contributed by atoms with Crippen molar-refractivity contribution in [3.05, 3.63) is 28.7 Å². The Hall–Kier alpha value is -0.770. The molecule has 2 rings (SSSR count). The summed E-state index contributed by atoms with van der Waals surface area (Å²) < 4.78 is 1.60. The first-order chi connectivity index (χ1) is 7.16. The maximum absolute atomic E-state index is 11.5. The largest absolute Gasteiger partial charge is 0.371 e. The Labute approximate surface area is 97.8 Å². The Bertz CT molecular complexity index is 394. The summed E-state index contributed by atoms with van der Waals surface area (Å²) >= 11 is 3.62. The molecule has 0 unspecified atom stereocenters. The minimum atomic E-state index is 0.0634. The average Bonchev–Trinajstić information content (AvgIpc) is 2.23. The number of pyridine rings is 1. The van der Waals surface area contributed by atoms with Crippen molar-refractivity contribution in [2.24, 2.45) is 7.05 Å². The van der Waals surface area contributed by atoms with Crippen molar-refractivity contribution in [2.75, 3.05) is 18.0 Å². The predicted molar refractivity (Wildman–Crippen MR) is 65.8 cm³/mol. The SMILES string of the molecule is Cn1ccc(N2CCC(Br)CC2)cc1=O. The summed E-state index contributed by atoms with van der Waals surface area (Å²) in [7, 11) is 1.77. The van der Waals surface area contributed by atoms with Crippen molar-refractivity contribution in [1.82, 2.24) is 4.57 Å². The van der Waals surface area contributed by atoms with Gasteiger partial charge in [0.2, 0.25) is 0 Å². The van der Waals surface area contributed by atoms with Crippen LogP contribution in [0, 0.1) is 0 Å². The molecule has 0 spiro atoms. The zero-order valence-electron chi connectivity index (χ0n) is 8.82. The normalized spacial score (nSPS) is 18.1. The Morgan fingerprint density at radius 1 is 1.40 bits per heavy atom. The van der Waals surface area contributed by atoms with Crippen LogP contribution >= 0.6 is 15.9 Å². The molecule has 4 heteroatoms. The van der Waals surface area contributed by atoms with E-state index in [1.54, 1.807) is 17.7 Å². The van der Waals surface area contributed by atoms with E-state index in [4.69, 9.17) is 0 Å². The van der Waals surface area contributed by atoms with Crippen molar-refractivity contribution in [3.63, 3.8) is 0 Å². The number of aromatic nitrogens is 1. The lowest BCUT2D eigenvalue weighted by molar-refractivity contribution is 0.596. The van der Waals surface area contributed by atoms with Crippen LogP contribution in [0.4, 0.5) is 5.69 Å². The monoisotopic (exact) mass is 270 g/mol. The van der Waals surface area contributed by atoms with Crippen LogP contribution in [0.5, 0.6) is 0 Å². The Morgan fingerprint density at radius 2 is 2.07 bits per heavy atom. The van der Waals surface area contributed by atoms with E-state index in [1.807, 2.05) is 12.3 Å². The van der Waals surface area contributed by atoms with Gasteiger partial charge in [-0.3, -0.25) is 4.79 Å². The number of anilines is 1. The van der Waals surface area contributed by atoms with Crippen molar-refractivity contribution < 1.29 is 0 Å². The van der Waals surface area contributed by atoms with Gasteiger partial charge in [-0.2, -0.15) is 0 Å². The van der Waals surface area contributed by atoms with E-state index in [-0.39, 0.29) is 5.56 Å². The molecule has 15 heavy (non-hydrogen) atoms. The van der Waals surface area contributed by atoms with Gasteiger partial charge in [0, 0.05) is 42.9 Å². The summed E-state index contributed by atoms with van der Waals surface area (Å²) in [6.45, 7) is 2.06. The number of rotatable bonds is 1. The minimum absolute atomic E-state index is 0.0634. The first-order valence-electron chi connectivity index (χ1n) is 5.22. The van der Waals surface area contributed by atoms with Gasteiger partial charge in [-0.15, -0.1) is 0 Å². The zero-order chi connectivity index (χ0) is 10.8. The summed E-state index contributed by atoms with van der Waals surface area (Å²) in [6, 6.07) is 3.73. The molecule has 0 saturated carbocycles. The fourth-order valence-corrected chi connectivity index (χ4v) is 2.25. The molecule has 0 radical (unpaired) electrons. The third-order valence-electron chi connectivity index (χ3n) is 2.88. The summed E-state index contributed by atoms with van der Waals surface area (Å²) in [4.78, 5) is 14.4. The Kier molecular flexibility index (Phi) is 3.14. The van der Waals surface area contributed by atoms with Crippen molar-refractivity contribution >= 4 is 21.6 Å². The predicted octanol–water partition coefficient (Wildman–Crippen LogP) is 1.75. The molecule has 0 N–H and O–H groups in total. The first-order valence-corrected chi connectivity index (χ1v) is 6.14. The first kappa shape index (κ1) is 10.7. The van der Waals surface area contributed by atoms with E-state index in [0.717, 1.165) is 31.6 Å². The van der Waals surface area contributed by atoms with Crippen molar-refractivity contribution in [1.29, 1.82) is 0 Å². The van der Waals surface area contributed by atoms with Gasteiger partial charge in [-0.25, -0.2) is 0 Å². The van der Waals surface area contributed by atoms with Crippen LogP contribution in [-0.4, -0.2) is 22.5 Å². The fourth-order valence-electron chi connectivity index (χ4n) is 1.84. The average molecular weight is 271 g/mol. The molecular weight excluding hydrogens is 256 g/mol. The maximum atomic E-state index is 11.5. The van der Waals surface area contributed by atoms with Crippen LogP contribution in [0.3, 0.4) is 0 Å². The maximum Gasteiger partial charge on any atom is 0.252 e. The van der Waals surface area contributed by atoms with Gasteiger partial charge >= 0.3 is 0 Å². The number of hydrogen-bond donors (Lipinski definition) is 0. The molecule has 0 aromatic carbocycles. The summed E-state index contributed by atoms with van der Waals surface area (Å²) in [6.07, 6.45) is 4.13. The second kappa shape index (κ2) is 4.39. The summed E-state index contributed by atoms with van der Waals surface area (Å²) in [5, 5.41) is 0. The lowest BCUT2D eigenvalue weighted by Crippen LogP contribution is -2.34. The second-order valence-corrected chi connectivity index (χ2v) is 5.29. The Balaban J connectivity index is 2.16. The molecule has 1 aromatic heterocycles. The Morgan fingerprint density at radius 3 is 2.67 bits per heavy atom. The van der Waals surface area contributed by atoms with Crippen molar-refractivity contribution in [2.45, 2.75) is 17.7 Å². The van der Waals surface area contributed by atoms with E-state index >= 15 is 0 Å². The number of nitrogens with zero attached hydrogens (tertiary/aromatic N) is 2. The number of aryl methyl sites for hydroxylation is 1. The van der Waals surface area contributed by atoms with Crippen LogP contribution < -0.4 is 10.5 Å². The summed E-state index contributed by atoms with van der Waals surface area (Å²) in [5.74, 6) is 0. The fraction of sp³-hybridized carbons (Fsp3) is 0.545. The molecule has 2 heterocycles. The number of alkyl halides is 1. The van der Waals surface area contributed by atoms with E-state index in [9.17, 15) is 4.79 Å². The standard InChI is InChI=1S/C11H15BrN2O/c1-13-5-4-10(8-11(13)15)14-6-2-9(12)3-7-14/h4-5,8-9H,2-3,6-7H2,1H3. The molecule has 1 aliphatic rings. The lowest BCUT2D eigenvalue weighted by Gasteiger charge is -2.31. The molecule has 0 atom stereocenters. The van der Waals surface area contributed by atoms with E-state index < -0.39 is 0 Å². The van der Waals surface area contributed by atoms with Gasteiger partial charge in [-0.1, -0.05) is 15.9 Å². The molecule has 1 saturated heterocycles. The minimum Gasteiger partial charge on any atom is -0.371 e. The molecule has 1 aromatic rings. The van der Waals surface area contributed by atoms with Crippen LogP contribution in [0.1, 0.15) is 12.8 Å². The smallest absolute Gasteiger partial charge is 0.252 e. The molecule has 0 aliphatic carbocycles. The third-order valence-corrected chi connectivity index (χ3v) is 3.79. The van der Waals surface area contributed by atoms with Gasteiger partial charge in [0.15, 0.2) is 0 Å². The highest BCUT2D eigenvalue weighted by Gasteiger charge is 2.17. The van der Waals surface area contributed by atoms with Crippen LogP contribution in [0.25, 0.3) is 0 Å². The second-order valence-electron chi connectivity index (χ2n) is 4.00. The van der Waals surface area contributed by atoms with E-state index in [2.05, 4.69) is 20.8 Å². The quantitative estimate of drug-likeness (QED) is 0.727. The number of halogens is 1. The lowest BCUT2D eigenvalue weighted by atomic mass is 10.1. The van der Waals surface area contributed by atoms with Gasteiger partial charge in [0.25, 0.3) is 5.56 Å². The molecule has 1 aliphatic heterocycles. The topological polar surface area (TPSA) is 25.2 Å². The summed E-state index contributed by atoms with van der Waals surface area (Å²) in [5.41, 5.74) is 1.12. The third kappa shape index (κ3) is 2.43. The molecule has 0 bridgehead atoms. The molecule has 0 amide bonds. The van der Waals surface area contributed by atoms with Gasteiger partial charge in [0.05, 0.1) is 0 Å². The van der Waals surface area contributed by atoms with Crippen LogP contribution in [-0.2, 0) is 7.05 Å². The van der Waals surface area contributed by atoms with Gasteiger partial charge in [-0.05, 0) is 18.9 Å². The van der Waals surface area contributed by atoms with Crippen LogP contribution in [0.2, 0.25) is 0 Å². The highest BCUT2D eigenvalue weighted by molar-refractivity contribution is 9.09. The molecule has 82 valence electrons. The zero-order valence-corrected chi connectivity index (χ0v) is 10.4. The van der Waals surface area contributed by atoms with E-state index in [0.29, 0.717) is 4.83 Å². The highest BCUT2D eigenvalue weighted by Crippen LogP contribution is 2.21. The molecule has 1 fully saturated rings. The van der Waals surface area contributed by atoms with Crippen molar-refractivity contribution in [3.8, 4) is 0 Å². The van der Waals surface area contributed by atoms with Crippen LogP contribution in [0.15, 0.2) is 23.1 Å². The van der Waals surface area contributed by atoms with E-state index in [1.165, 1.54) is 0 Å².